The van der Waals surface area contributed by atoms with Crippen LogP contribution in [-0.2, 0) is 22.1 Å². The van der Waals surface area contributed by atoms with Crippen molar-refractivity contribution in [1.82, 2.24) is 4.98 Å². The lowest BCUT2D eigenvalue weighted by atomic mass is 10.1. The smallest absolute Gasteiger partial charge is 0.261 e. The maximum atomic E-state index is 11.3. The molecule has 0 unspecified atom stereocenters. The third-order valence-corrected chi connectivity index (χ3v) is 5.09. The minimum absolute atomic E-state index is 0. The Morgan fingerprint density at radius 1 is 1.08 bits per heavy atom. The number of para-hydroxylation sites is 1. The van der Waals surface area contributed by atoms with Crippen molar-refractivity contribution in [3.63, 3.8) is 0 Å². The standard InChI is InChI=1S/C18H16ClNO3S.ClH/c1-2-14-11-13(17-5-3-4-6-18(17)20-14)12-23-15-7-9-16(10-8-15)24(19,21)22;/h3-11H,2,12H2,1H3;1H. The van der Waals surface area contributed by atoms with Crippen LogP contribution in [-0.4, -0.2) is 13.4 Å². The van der Waals surface area contributed by atoms with Gasteiger partial charge < -0.3 is 4.74 Å². The van der Waals surface area contributed by atoms with Crippen molar-refractivity contribution in [2.45, 2.75) is 24.8 Å². The van der Waals surface area contributed by atoms with E-state index in [0.717, 1.165) is 28.6 Å². The van der Waals surface area contributed by atoms with Crippen LogP contribution in [0.15, 0.2) is 59.5 Å². The summed E-state index contributed by atoms with van der Waals surface area (Å²) in [6.45, 7) is 2.44. The van der Waals surface area contributed by atoms with E-state index in [9.17, 15) is 8.42 Å². The fourth-order valence-electron chi connectivity index (χ4n) is 2.47. The second kappa shape index (κ2) is 8.04. The molecule has 0 aliphatic heterocycles. The number of pyridine rings is 1. The fraction of sp³-hybridized carbons (Fsp3) is 0.167. The first kappa shape index (κ1) is 19.5. The van der Waals surface area contributed by atoms with E-state index in [2.05, 4.69) is 11.9 Å². The summed E-state index contributed by atoms with van der Waals surface area (Å²) in [4.78, 5) is 4.67. The lowest BCUT2D eigenvalue weighted by molar-refractivity contribution is 0.307. The minimum Gasteiger partial charge on any atom is -0.489 e. The molecule has 0 bridgehead atoms. The molecule has 0 radical (unpaired) electrons. The number of hydrogen-bond acceptors (Lipinski definition) is 4. The number of hydrogen-bond donors (Lipinski definition) is 0. The Labute approximate surface area is 157 Å². The highest BCUT2D eigenvalue weighted by atomic mass is 35.7. The number of ether oxygens (including phenoxy) is 1. The van der Waals surface area contributed by atoms with Gasteiger partial charge in [0.05, 0.1) is 10.4 Å². The van der Waals surface area contributed by atoms with Gasteiger partial charge in [-0.25, -0.2) is 8.42 Å². The summed E-state index contributed by atoms with van der Waals surface area (Å²) in [6.07, 6.45) is 0.847. The number of benzene rings is 2. The maximum Gasteiger partial charge on any atom is 0.261 e. The average molecular weight is 398 g/mol. The van der Waals surface area contributed by atoms with Crippen LogP contribution in [0.3, 0.4) is 0 Å². The molecule has 1 heterocycles. The summed E-state index contributed by atoms with van der Waals surface area (Å²) in [5, 5.41) is 1.05. The number of rotatable bonds is 5. The van der Waals surface area contributed by atoms with Gasteiger partial charge in [-0.1, -0.05) is 25.1 Å². The highest BCUT2D eigenvalue weighted by Crippen LogP contribution is 2.23. The first-order valence-electron chi connectivity index (χ1n) is 7.52. The van der Waals surface area contributed by atoms with Gasteiger partial charge in [0.15, 0.2) is 0 Å². The Bertz CT molecular complexity index is 973. The van der Waals surface area contributed by atoms with Gasteiger partial charge in [-0.05, 0) is 42.8 Å². The number of aromatic nitrogens is 1. The maximum absolute atomic E-state index is 11.3. The van der Waals surface area contributed by atoms with Crippen LogP contribution in [0.4, 0.5) is 0 Å². The summed E-state index contributed by atoms with van der Waals surface area (Å²) in [7, 11) is 1.59. The molecule has 0 aliphatic carbocycles. The van der Waals surface area contributed by atoms with Crippen molar-refractivity contribution < 1.29 is 13.2 Å². The van der Waals surface area contributed by atoms with Crippen LogP contribution in [0.1, 0.15) is 18.2 Å². The lowest BCUT2D eigenvalue weighted by Gasteiger charge is -2.11. The molecule has 0 atom stereocenters. The Morgan fingerprint density at radius 2 is 1.76 bits per heavy atom. The number of halogens is 2. The second-order valence-corrected chi connectivity index (χ2v) is 7.91. The third-order valence-electron chi connectivity index (χ3n) is 3.72. The molecule has 132 valence electrons. The summed E-state index contributed by atoms with van der Waals surface area (Å²) in [5.74, 6) is 0.581. The SMILES string of the molecule is CCc1cc(COc2ccc(S(=O)(=O)Cl)cc2)c2ccccc2n1.Cl. The van der Waals surface area contributed by atoms with Crippen LogP contribution in [0.5, 0.6) is 5.75 Å². The molecule has 0 saturated heterocycles. The van der Waals surface area contributed by atoms with E-state index in [0.29, 0.717) is 12.4 Å². The predicted octanol–water partition coefficient (Wildman–Crippen LogP) is 4.73. The molecule has 0 aliphatic rings. The van der Waals surface area contributed by atoms with Gasteiger partial charge in [0, 0.05) is 27.3 Å². The van der Waals surface area contributed by atoms with E-state index in [1.807, 2.05) is 30.3 Å². The molecular formula is C18H17Cl2NO3S. The van der Waals surface area contributed by atoms with Crippen molar-refractivity contribution >= 4 is 43.0 Å². The molecule has 0 fully saturated rings. The molecular weight excluding hydrogens is 381 g/mol. The van der Waals surface area contributed by atoms with Crippen molar-refractivity contribution in [2.24, 2.45) is 0 Å². The van der Waals surface area contributed by atoms with Crippen LogP contribution in [0, 0.1) is 0 Å². The normalized spacial score (nSPS) is 11.1. The second-order valence-electron chi connectivity index (χ2n) is 5.34. The van der Waals surface area contributed by atoms with Gasteiger partial charge in [-0.15, -0.1) is 12.4 Å². The monoisotopic (exact) mass is 397 g/mol. The van der Waals surface area contributed by atoms with Crippen molar-refractivity contribution in [3.05, 3.63) is 65.9 Å². The summed E-state index contributed by atoms with van der Waals surface area (Å²) >= 11 is 0. The number of fused-ring (bicyclic) bond motifs is 1. The van der Waals surface area contributed by atoms with Crippen LogP contribution >= 0.6 is 23.1 Å². The van der Waals surface area contributed by atoms with E-state index < -0.39 is 9.05 Å². The first-order valence-corrected chi connectivity index (χ1v) is 9.83. The Balaban J connectivity index is 0.00000225. The van der Waals surface area contributed by atoms with Gasteiger partial charge in [0.1, 0.15) is 12.4 Å². The van der Waals surface area contributed by atoms with Crippen molar-refractivity contribution in [1.29, 1.82) is 0 Å². The molecule has 7 heteroatoms. The van der Waals surface area contributed by atoms with Crippen LogP contribution < -0.4 is 4.74 Å². The quantitative estimate of drug-likeness (QED) is 0.584. The molecule has 3 rings (SSSR count). The Kier molecular flexibility index (Phi) is 6.27. The molecule has 4 nitrogen and oxygen atoms in total. The summed E-state index contributed by atoms with van der Waals surface area (Å²) < 4.78 is 28.3. The van der Waals surface area contributed by atoms with Crippen molar-refractivity contribution in [2.75, 3.05) is 0 Å². The highest BCUT2D eigenvalue weighted by molar-refractivity contribution is 8.13. The van der Waals surface area contributed by atoms with E-state index in [4.69, 9.17) is 15.4 Å². The van der Waals surface area contributed by atoms with Crippen molar-refractivity contribution in [3.8, 4) is 5.75 Å². The van der Waals surface area contributed by atoms with Gasteiger partial charge >= 0.3 is 0 Å². The minimum atomic E-state index is -3.72. The average Bonchev–Trinajstić information content (AvgIpc) is 2.59. The van der Waals surface area contributed by atoms with E-state index in [-0.39, 0.29) is 17.3 Å². The molecule has 25 heavy (non-hydrogen) atoms. The van der Waals surface area contributed by atoms with Gasteiger partial charge in [0.25, 0.3) is 9.05 Å². The van der Waals surface area contributed by atoms with Gasteiger partial charge in [-0.3, -0.25) is 4.98 Å². The third kappa shape index (κ3) is 4.63. The zero-order valence-electron chi connectivity index (χ0n) is 13.5. The van der Waals surface area contributed by atoms with Gasteiger partial charge in [-0.2, -0.15) is 0 Å². The molecule has 0 amide bonds. The summed E-state index contributed by atoms with van der Waals surface area (Å²) in [5.41, 5.74) is 3.00. The van der Waals surface area contributed by atoms with E-state index >= 15 is 0 Å². The van der Waals surface area contributed by atoms with Crippen LogP contribution in [0.25, 0.3) is 10.9 Å². The summed E-state index contributed by atoms with van der Waals surface area (Å²) in [6, 6.07) is 16.0. The fourth-order valence-corrected chi connectivity index (χ4v) is 3.24. The molecule has 3 aromatic rings. The Morgan fingerprint density at radius 3 is 2.40 bits per heavy atom. The molecule has 0 saturated carbocycles. The first-order chi connectivity index (χ1) is 11.5. The largest absolute Gasteiger partial charge is 0.489 e. The van der Waals surface area contributed by atoms with Crippen LogP contribution in [0.2, 0.25) is 0 Å². The Hall–Kier alpha value is -1.82. The van der Waals surface area contributed by atoms with Gasteiger partial charge in [0.2, 0.25) is 0 Å². The lowest BCUT2D eigenvalue weighted by Crippen LogP contribution is -2.00. The molecule has 0 spiro atoms. The van der Waals surface area contributed by atoms with E-state index in [1.165, 1.54) is 12.1 Å². The topological polar surface area (TPSA) is 56.3 Å². The zero-order valence-corrected chi connectivity index (χ0v) is 15.9. The number of aryl methyl sites for hydroxylation is 1. The predicted molar refractivity (Wildman–Crippen MR) is 102 cm³/mol. The van der Waals surface area contributed by atoms with E-state index in [1.54, 1.807) is 12.1 Å². The molecule has 1 aromatic heterocycles. The number of nitrogens with zero attached hydrogens (tertiary/aromatic N) is 1. The molecule has 2 aromatic carbocycles. The highest BCUT2D eigenvalue weighted by Gasteiger charge is 2.10. The zero-order chi connectivity index (χ0) is 17.2. The molecule has 0 N–H and O–H groups in total.